The average Bonchev–Trinajstić information content (AvgIpc) is 2.11. The maximum Gasteiger partial charge on any atom is 0.142 e. The van der Waals surface area contributed by atoms with Crippen LogP contribution in [0.15, 0.2) is 12.1 Å². The molecule has 2 nitrogen and oxygen atoms in total. The number of benzene rings is 1. The Morgan fingerprint density at radius 3 is 2.62 bits per heavy atom. The molecule has 0 amide bonds. The van der Waals surface area contributed by atoms with E-state index in [0.29, 0.717) is 9.13 Å². The molecule has 0 heterocycles. The minimum absolute atomic E-state index is 0.0216. The van der Waals surface area contributed by atoms with Gasteiger partial charge in [0.25, 0.3) is 0 Å². The van der Waals surface area contributed by atoms with Gasteiger partial charge in [0, 0.05) is 3.57 Å². The van der Waals surface area contributed by atoms with Crippen molar-refractivity contribution >= 4 is 22.6 Å². The first-order chi connectivity index (χ1) is 6.20. The van der Waals surface area contributed by atoms with Crippen molar-refractivity contribution in [3.63, 3.8) is 0 Å². The quantitative estimate of drug-likeness (QED) is 0.744. The van der Waals surface area contributed by atoms with E-state index < -0.39 is 5.82 Å². The molecule has 13 heavy (non-hydrogen) atoms. The molecule has 0 saturated carbocycles. The number of hydrogen-bond donors (Lipinski definition) is 0. The number of halogens is 2. The normalized spacial score (nSPS) is 8.92. The smallest absolute Gasteiger partial charge is 0.142 e. The summed E-state index contributed by atoms with van der Waals surface area (Å²) in [7, 11) is 0. The first kappa shape index (κ1) is 9.94. The molecule has 1 aromatic rings. The summed E-state index contributed by atoms with van der Waals surface area (Å²) in [6.45, 7) is 0. The summed E-state index contributed by atoms with van der Waals surface area (Å²) in [6, 6.07) is 6.47. The van der Waals surface area contributed by atoms with E-state index >= 15 is 0 Å². The van der Waals surface area contributed by atoms with Gasteiger partial charge in [0.2, 0.25) is 0 Å². The molecule has 0 aromatic heterocycles. The van der Waals surface area contributed by atoms with Crippen molar-refractivity contribution in [2.45, 2.75) is 6.42 Å². The van der Waals surface area contributed by atoms with Crippen molar-refractivity contribution < 1.29 is 4.39 Å². The lowest BCUT2D eigenvalue weighted by atomic mass is 10.1. The zero-order valence-electron chi connectivity index (χ0n) is 6.51. The van der Waals surface area contributed by atoms with E-state index in [4.69, 9.17) is 10.5 Å². The van der Waals surface area contributed by atoms with Gasteiger partial charge in [-0.05, 0) is 34.2 Å². The predicted molar refractivity (Wildman–Crippen MR) is 53.1 cm³/mol. The summed E-state index contributed by atoms with van der Waals surface area (Å²) in [5.74, 6) is -0.534. The molecule has 0 fully saturated rings. The van der Waals surface area contributed by atoms with Gasteiger partial charge in [0.1, 0.15) is 17.4 Å². The first-order valence-electron chi connectivity index (χ1n) is 3.44. The first-order valence-corrected chi connectivity index (χ1v) is 4.52. The van der Waals surface area contributed by atoms with E-state index in [2.05, 4.69) is 0 Å². The minimum Gasteiger partial charge on any atom is -0.206 e. The van der Waals surface area contributed by atoms with E-state index in [0.717, 1.165) is 0 Å². The summed E-state index contributed by atoms with van der Waals surface area (Å²) in [6.07, 6.45) is 0.202. The van der Waals surface area contributed by atoms with Crippen LogP contribution in [0.1, 0.15) is 11.1 Å². The molecule has 0 radical (unpaired) electrons. The Balaban J connectivity index is 3.31. The van der Waals surface area contributed by atoms with E-state index in [9.17, 15) is 4.39 Å². The van der Waals surface area contributed by atoms with E-state index in [-0.39, 0.29) is 12.0 Å². The lowest BCUT2D eigenvalue weighted by molar-refractivity contribution is 0.622. The summed E-state index contributed by atoms with van der Waals surface area (Å²) in [4.78, 5) is 0. The highest BCUT2D eigenvalue weighted by Crippen LogP contribution is 2.20. The fraction of sp³-hybridized carbons (Fsp3) is 0.111. The fourth-order valence-electron chi connectivity index (χ4n) is 0.920. The zero-order valence-corrected chi connectivity index (χ0v) is 8.67. The molecule has 0 saturated heterocycles. The van der Waals surface area contributed by atoms with Crippen LogP contribution in [0.5, 0.6) is 0 Å². The summed E-state index contributed by atoms with van der Waals surface area (Å²) in [5.41, 5.74) is 0.717. The molecule has 0 aliphatic heterocycles. The van der Waals surface area contributed by atoms with Gasteiger partial charge in [-0.2, -0.15) is 10.5 Å². The molecule has 0 atom stereocenters. The molecular formula is C9H4FIN2. The average molecular weight is 286 g/mol. The van der Waals surface area contributed by atoms with Crippen LogP contribution in [0.3, 0.4) is 0 Å². The fourth-order valence-corrected chi connectivity index (χ4v) is 1.67. The number of nitriles is 2. The molecule has 4 heteroatoms. The number of nitrogens with zero attached hydrogens (tertiary/aromatic N) is 2. The standard InChI is InChI=1S/C9H4FIN2/c10-8-2-1-6(3-4-12)9(11)7(8)5-13/h1-2H,3H2. The van der Waals surface area contributed by atoms with Gasteiger partial charge in [-0.25, -0.2) is 4.39 Å². The number of rotatable bonds is 1. The molecule has 0 bridgehead atoms. The molecule has 0 aliphatic rings. The topological polar surface area (TPSA) is 47.6 Å². The summed E-state index contributed by atoms with van der Waals surface area (Å²) >= 11 is 1.88. The zero-order chi connectivity index (χ0) is 9.84. The highest BCUT2D eigenvalue weighted by atomic mass is 127. The van der Waals surface area contributed by atoms with Gasteiger partial charge in [0.15, 0.2) is 0 Å². The molecular weight excluding hydrogens is 282 g/mol. The van der Waals surface area contributed by atoms with E-state index in [1.807, 2.05) is 28.7 Å². The highest BCUT2D eigenvalue weighted by molar-refractivity contribution is 14.1. The van der Waals surface area contributed by atoms with Crippen molar-refractivity contribution in [2.75, 3.05) is 0 Å². The van der Waals surface area contributed by atoms with Crippen LogP contribution >= 0.6 is 22.6 Å². The third-order valence-corrected chi connectivity index (χ3v) is 2.78. The largest absolute Gasteiger partial charge is 0.206 e. The highest BCUT2D eigenvalue weighted by Gasteiger charge is 2.09. The molecule has 64 valence electrons. The second-order valence-electron chi connectivity index (χ2n) is 2.34. The Morgan fingerprint density at radius 2 is 2.08 bits per heavy atom. The Morgan fingerprint density at radius 1 is 1.38 bits per heavy atom. The van der Waals surface area contributed by atoms with Gasteiger partial charge in [-0.1, -0.05) is 6.07 Å². The Kier molecular flexibility index (Phi) is 3.21. The second-order valence-corrected chi connectivity index (χ2v) is 3.42. The number of hydrogen-bond acceptors (Lipinski definition) is 2. The summed E-state index contributed by atoms with van der Waals surface area (Å²) < 4.78 is 13.5. The Bertz CT molecular complexity index is 415. The maximum absolute atomic E-state index is 13.0. The van der Waals surface area contributed by atoms with Crippen molar-refractivity contribution in [2.24, 2.45) is 0 Å². The van der Waals surface area contributed by atoms with Crippen LogP contribution in [0.2, 0.25) is 0 Å². The second kappa shape index (κ2) is 4.20. The SMILES string of the molecule is N#CCc1ccc(F)c(C#N)c1I. The van der Waals surface area contributed by atoms with E-state index in [1.165, 1.54) is 12.1 Å². The van der Waals surface area contributed by atoms with Gasteiger partial charge < -0.3 is 0 Å². The monoisotopic (exact) mass is 286 g/mol. The predicted octanol–water partition coefficient (Wildman–Crippen LogP) is 2.37. The molecule has 1 rings (SSSR count). The van der Waals surface area contributed by atoms with Crippen LogP contribution < -0.4 is 0 Å². The molecule has 0 N–H and O–H groups in total. The minimum atomic E-state index is -0.534. The molecule has 0 unspecified atom stereocenters. The summed E-state index contributed by atoms with van der Waals surface area (Å²) in [5, 5.41) is 17.1. The van der Waals surface area contributed by atoms with Gasteiger partial charge >= 0.3 is 0 Å². The van der Waals surface area contributed by atoms with Crippen LogP contribution in [-0.2, 0) is 6.42 Å². The molecule has 0 aliphatic carbocycles. The van der Waals surface area contributed by atoms with Crippen molar-refractivity contribution in [1.29, 1.82) is 10.5 Å². The van der Waals surface area contributed by atoms with Crippen molar-refractivity contribution in [3.05, 3.63) is 32.6 Å². The Labute approximate surface area is 88.7 Å². The lowest BCUT2D eigenvalue weighted by Crippen LogP contribution is -1.94. The van der Waals surface area contributed by atoms with Crippen molar-refractivity contribution in [1.82, 2.24) is 0 Å². The third-order valence-electron chi connectivity index (χ3n) is 1.55. The van der Waals surface area contributed by atoms with Crippen molar-refractivity contribution in [3.8, 4) is 12.1 Å². The maximum atomic E-state index is 13.0. The van der Waals surface area contributed by atoms with Crippen LogP contribution in [0.4, 0.5) is 4.39 Å². The third kappa shape index (κ3) is 1.96. The van der Waals surface area contributed by atoms with Gasteiger partial charge in [-0.3, -0.25) is 0 Å². The molecule has 1 aromatic carbocycles. The molecule has 0 spiro atoms. The van der Waals surface area contributed by atoms with Crippen LogP contribution in [-0.4, -0.2) is 0 Å². The van der Waals surface area contributed by atoms with Crippen LogP contribution in [0.25, 0.3) is 0 Å². The van der Waals surface area contributed by atoms with E-state index in [1.54, 1.807) is 6.07 Å². The van der Waals surface area contributed by atoms with Crippen LogP contribution in [0, 0.1) is 32.0 Å². The Hall–Kier alpha value is -1.14. The lowest BCUT2D eigenvalue weighted by Gasteiger charge is -2.01. The van der Waals surface area contributed by atoms with Gasteiger partial charge in [0.05, 0.1) is 12.5 Å². The van der Waals surface area contributed by atoms with Gasteiger partial charge in [-0.15, -0.1) is 0 Å².